The Labute approximate surface area is 115 Å². The summed E-state index contributed by atoms with van der Waals surface area (Å²) in [6.45, 7) is 6.67. The number of rotatable bonds is 6. The Morgan fingerprint density at radius 2 is 1.89 bits per heavy atom. The molecule has 1 saturated carbocycles. The van der Waals surface area contributed by atoms with Gasteiger partial charge in [0.05, 0.1) is 5.69 Å². The van der Waals surface area contributed by atoms with Crippen molar-refractivity contribution in [1.29, 1.82) is 0 Å². The molecule has 1 fully saturated rings. The molecule has 1 aromatic carbocycles. The Bertz CT molecular complexity index is 548. The first-order chi connectivity index (χ1) is 8.82. The average Bonchev–Trinajstić information content (AvgIpc) is 3.04. The molecule has 0 saturated heterocycles. The lowest BCUT2D eigenvalue weighted by Gasteiger charge is -2.16. The maximum absolute atomic E-state index is 12.3. The SMILES string of the molecule is CC(C)NS(=O)(=O)c1ccccc1NCC1(C)CC1. The standard InChI is InChI=1S/C14H22N2O2S/c1-11(2)16-19(17,18)13-7-5-4-6-12(13)15-10-14(3)8-9-14/h4-7,11,15-16H,8-10H2,1-3H3. The largest absolute Gasteiger partial charge is 0.383 e. The molecular weight excluding hydrogens is 260 g/mol. The highest BCUT2D eigenvalue weighted by atomic mass is 32.2. The van der Waals surface area contributed by atoms with Crippen molar-refractivity contribution in [1.82, 2.24) is 4.72 Å². The van der Waals surface area contributed by atoms with Crippen molar-refractivity contribution in [3.63, 3.8) is 0 Å². The molecule has 2 N–H and O–H groups in total. The minimum atomic E-state index is -3.45. The molecule has 1 aliphatic carbocycles. The molecular formula is C14H22N2O2S. The van der Waals surface area contributed by atoms with Gasteiger partial charge in [0.1, 0.15) is 4.90 Å². The summed E-state index contributed by atoms with van der Waals surface area (Å²) in [6.07, 6.45) is 2.42. The number of nitrogens with one attached hydrogen (secondary N) is 2. The highest BCUT2D eigenvalue weighted by Gasteiger charge is 2.37. The van der Waals surface area contributed by atoms with E-state index in [0.29, 0.717) is 16.0 Å². The lowest BCUT2D eigenvalue weighted by molar-refractivity contribution is 0.569. The van der Waals surface area contributed by atoms with Crippen molar-refractivity contribution in [3.05, 3.63) is 24.3 Å². The van der Waals surface area contributed by atoms with E-state index < -0.39 is 10.0 Å². The van der Waals surface area contributed by atoms with Gasteiger partial charge in [0.25, 0.3) is 0 Å². The minimum absolute atomic E-state index is 0.112. The number of hydrogen-bond acceptors (Lipinski definition) is 3. The molecule has 0 spiro atoms. The molecule has 0 aromatic heterocycles. The number of anilines is 1. The highest BCUT2D eigenvalue weighted by Crippen LogP contribution is 2.44. The van der Waals surface area contributed by atoms with Gasteiger partial charge in [-0.2, -0.15) is 0 Å². The van der Waals surface area contributed by atoms with Gasteiger partial charge >= 0.3 is 0 Å². The lowest BCUT2D eigenvalue weighted by Crippen LogP contribution is -2.31. The molecule has 0 amide bonds. The van der Waals surface area contributed by atoms with Crippen LogP contribution in [0.15, 0.2) is 29.2 Å². The van der Waals surface area contributed by atoms with E-state index in [1.165, 1.54) is 12.8 Å². The molecule has 0 unspecified atom stereocenters. The smallest absolute Gasteiger partial charge is 0.242 e. The van der Waals surface area contributed by atoms with Gasteiger partial charge in [0.2, 0.25) is 10.0 Å². The van der Waals surface area contributed by atoms with E-state index in [9.17, 15) is 8.42 Å². The van der Waals surface area contributed by atoms with Crippen LogP contribution in [0.2, 0.25) is 0 Å². The highest BCUT2D eigenvalue weighted by molar-refractivity contribution is 7.89. The molecule has 4 nitrogen and oxygen atoms in total. The minimum Gasteiger partial charge on any atom is -0.383 e. The van der Waals surface area contributed by atoms with Gasteiger partial charge in [-0.1, -0.05) is 19.1 Å². The van der Waals surface area contributed by atoms with Crippen molar-refractivity contribution in [3.8, 4) is 0 Å². The molecule has 0 heterocycles. The Balaban J connectivity index is 2.20. The fourth-order valence-electron chi connectivity index (χ4n) is 1.92. The summed E-state index contributed by atoms with van der Waals surface area (Å²) in [7, 11) is -3.45. The molecule has 0 atom stereocenters. The Morgan fingerprint density at radius 1 is 1.26 bits per heavy atom. The van der Waals surface area contributed by atoms with E-state index in [4.69, 9.17) is 0 Å². The summed E-state index contributed by atoms with van der Waals surface area (Å²) in [5.41, 5.74) is 1.02. The molecule has 0 aliphatic heterocycles. The number of hydrogen-bond donors (Lipinski definition) is 2. The Hall–Kier alpha value is -1.07. The second-order valence-corrected chi connectivity index (χ2v) is 7.62. The van der Waals surface area contributed by atoms with Gasteiger partial charge in [-0.25, -0.2) is 13.1 Å². The van der Waals surface area contributed by atoms with E-state index in [-0.39, 0.29) is 6.04 Å². The van der Waals surface area contributed by atoms with E-state index in [2.05, 4.69) is 17.0 Å². The quantitative estimate of drug-likeness (QED) is 0.843. The van der Waals surface area contributed by atoms with Gasteiger partial charge < -0.3 is 5.32 Å². The van der Waals surface area contributed by atoms with Crippen LogP contribution in [0.1, 0.15) is 33.6 Å². The zero-order chi connectivity index (χ0) is 14.1. The first-order valence-electron chi connectivity index (χ1n) is 6.68. The van der Waals surface area contributed by atoms with E-state index in [1.54, 1.807) is 12.1 Å². The van der Waals surface area contributed by atoms with Gasteiger partial charge in [-0.3, -0.25) is 0 Å². The van der Waals surface area contributed by atoms with Crippen molar-refractivity contribution in [2.75, 3.05) is 11.9 Å². The van der Waals surface area contributed by atoms with Crippen molar-refractivity contribution >= 4 is 15.7 Å². The second kappa shape index (κ2) is 5.13. The summed E-state index contributed by atoms with van der Waals surface area (Å²) in [6, 6.07) is 6.95. The van der Waals surface area contributed by atoms with Gasteiger partial charge in [-0.05, 0) is 44.2 Å². The van der Waals surface area contributed by atoms with Crippen LogP contribution in [0.3, 0.4) is 0 Å². The molecule has 19 heavy (non-hydrogen) atoms. The second-order valence-electron chi connectivity index (χ2n) is 5.94. The monoisotopic (exact) mass is 282 g/mol. The summed E-state index contributed by atoms with van der Waals surface area (Å²) in [5.74, 6) is 0. The van der Waals surface area contributed by atoms with E-state index in [1.807, 2.05) is 26.0 Å². The van der Waals surface area contributed by atoms with Crippen LogP contribution < -0.4 is 10.0 Å². The summed E-state index contributed by atoms with van der Waals surface area (Å²) >= 11 is 0. The number of para-hydroxylation sites is 1. The molecule has 2 rings (SSSR count). The van der Waals surface area contributed by atoms with Gasteiger partial charge in [0.15, 0.2) is 0 Å². The topological polar surface area (TPSA) is 58.2 Å². The van der Waals surface area contributed by atoms with Crippen LogP contribution in [0.5, 0.6) is 0 Å². The summed E-state index contributed by atoms with van der Waals surface area (Å²) in [4.78, 5) is 0.327. The van der Waals surface area contributed by atoms with E-state index in [0.717, 1.165) is 6.54 Å². The van der Waals surface area contributed by atoms with Crippen molar-refractivity contribution in [2.45, 2.75) is 44.6 Å². The zero-order valence-corrected chi connectivity index (χ0v) is 12.5. The molecule has 106 valence electrons. The molecule has 1 aromatic rings. The van der Waals surface area contributed by atoms with E-state index >= 15 is 0 Å². The van der Waals surface area contributed by atoms with Crippen LogP contribution in [0.25, 0.3) is 0 Å². The molecule has 0 bridgehead atoms. The van der Waals surface area contributed by atoms with Gasteiger partial charge in [-0.15, -0.1) is 0 Å². The average molecular weight is 282 g/mol. The lowest BCUT2D eigenvalue weighted by atomic mass is 10.1. The maximum Gasteiger partial charge on any atom is 0.242 e. The third-order valence-electron chi connectivity index (χ3n) is 3.38. The zero-order valence-electron chi connectivity index (χ0n) is 11.7. The Kier molecular flexibility index (Phi) is 3.87. The summed E-state index contributed by atoms with van der Waals surface area (Å²) < 4.78 is 27.1. The number of benzene rings is 1. The summed E-state index contributed by atoms with van der Waals surface area (Å²) in [5, 5.41) is 3.28. The van der Waals surface area contributed by atoms with Gasteiger partial charge in [0, 0.05) is 12.6 Å². The molecule has 1 aliphatic rings. The predicted molar refractivity (Wildman–Crippen MR) is 77.7 cm³/mol. The van der Waals surface area contributed by atoms with Crippen LogP contribution >= 0.6 is 0 Å². The fraction of sp³-hybridized carbons (Fsp3) is 0.571. The normalized spacial score (nSPS) is 17.5. The van der Waals surface area contributed by atoms with Crippen LogP contribution in [0.4, 0.5) is 5.69 Å². The van der Waals surface area contributed by atoms with Crippen LogP contribution in [-0.2, 0) is 10.0 Å². The third kappa shape index (κ3) is 3.70. The maximum atomic E-state index is 12.3. The fourth-order valence-corrected chi connectivity index (χ4v) is 3.35. The molecule has 0 radical (unpaired) electrons. The first kappa shape index (κ1) is 14.3. The van der Waals surface area contributed by atoms with Crippen molar-refractivity contribution < 1.29 is 8.42 Å². The van der Waals surface area contributed by atoms with Crippen LogP contribution in [0, 0.1) is 5.41 Å². The van der Waals surface area contributed by atoms with Crippen molar-refractivity contribution in [2.24, 2.45) is 5.41 Å². The predicted octanol–water partition coefficient (Wildman–Crippen LogP) is 2.59. The van der Waals surface area contributed by atoms with Crippen LogP contribution in [-0.4, -0.2) is 21.0 Å². The third-order valence-corrected chi connectivity index (χ3v) is 5.09. The number of sulfonamides is 1. The first-order valence-corrected chi connectivity index (χ1v) is 8.16. The molecule has 5 heteroatoms. The Morgan fingerprint density at radius 3 is 2.47 bits per heavy atom.